The van der Waals surface area contributed by atoms with Gasteiger partial charge in [-0.15, -0.1) is 0 Å². The number of aromatic nitrogens is 1. The Hall–Kier alpha value is -3.73. The van der Waals surface area contributed by atoms with E-state index in [2.05, 4.69) is 4.98 Å². The van der Waals surface area contributed by atoms with Crippen molar-refractivity contribution >= 4 is 17.4 Å². The Bertz CT molecular complexity index is 1070. The number of nitrogens with zero attached hydrogens (tertiary/aromatic N) is 1. The highest BCUT2D eigenvalue weighted by atomic mass is 16.3. The predicted molar refractivity (Wildman–Crippen MR) is 106 cm³/mol. The standard InChI is InChI=1S/C24H20N2O3/c1-16-9-11-18(12-10-16)21-20(22(27)19-7-3-2-4-8-19)23(28)24(29)26(21)15-17-6-5-13-25-14-17/h2-14,21,27H,15H2,1H3/b22-20+. The van der Waals surface area contributed by atoms with E-state index in [4.69, 9.17) is 0 Å². The van der Waals surface area contributed by atoms with Crippen molar-refractivity contribution in [2.75, 3.05) is 0 Å². The number of amides is 1. The van der Waals surface area contributed by atoms with Crippen molar-refractivity contribution in [3.8, 4) is 0 Å². The fourth-order valence-electron chi connectivity index (χ4n) is 3.60. The Morgan fingerprint density at radius 3 is 2.38 bits per heavy atom. The zero-order valence-corrected chi connectivity index (χ0v) is 16.0. The van der Waals surface area contributed by atoms with Crippen LogP contribution in [0.15, 0.2) is 84.7 Å². The second kappa shape index (κ2) is 7.72. The molecule has 5 heteroatoms. The molecule has 0 spiro atoms. The highest BCUT2D eigenvalue weighted by molar-refractivity contribution is 6.46. The number of H-pyrrole nitrogens is 1. The van der Waals surface area contributed by atoms with Gasteiger partial charge in [-0.3, -0.25) is 9.59 Å². The molecular weight excluding hydrogens is 364 g/mol. The van der Waals surface area contributed by atoms with Crippen LogP contribution in [-0.4, -0.2) is 16.6 Å². The molecule has 5 nitrogen and oxygen atoms in total. The third-order valence-corrected chi connectivity index (χ3v) is 5.08. The van der Waals surface area contributed by atoms with Gasteiger partial charge < -0.3 is 10.0 Å². The third kappa shape index (κ3) is 3.55. The largest absolute Gasteiger partial charge is 0.872 e. The Morgan fingerprint density at radius 1 is 1.00 bits per heavy atom. The summed E-state index contributed by atoms with van der Waals surface area (Å²) >= 11 is 0. The van der Waals surface area contributed by atoms with Crippen LogP contribution in [0.25, 0.3) is 5.76 Å². The number of nitrogens with one attached hydrogen (secondary N) is 1. The van der Waals surface area contributed by atoms with E-state index in [1.165, 1.54) is 4.90 Å². The molecule has 1 atom stereocenters. The first kappa shape index (κ1) is 18.6. The zero-order chi connectivity index (χ0) is 20.4. The highest BCUT2D eigenvalue weighted by Crippen LogP contribution is 2.39. The second-order valence-electron chi connectivity index (χ2n) is 7.10. The van der Waals surface area contributed by atoms with Gasteiger partial charge in [0.05, 0.1) is 12.6 Å². The molecule has 0 radical (unpaired) electrons. The summed E-state index contributed by atoms with van der Waals surface area (Å²) in [5, 5.41) is 13.2. The van der Waals surface area contributed by atoms with Gasteiger partial charge in [0.15, 0.2) is 12.4 Å². The average Bonchev–Trinajstić information content (AvgIpc) is 3.00. The van der Waals surface area contributed by atoms with E-state index in [1.807, 2.05) is 43.3 Å². The number of aromatic amines is 1. The first-order valence-corrected chi connectivity index (χ1v) is 9.39. The maximum absolute atomic E-state index is 13.2. The predicted octanol–water partition coefficient (Wildman–Crippen LogP) is 2.23. The van der Waals surface area contributed by atoms with Crippen LogP contribution in [0, 0.1) is 6.92 Å². The zero-order valence-electron chi connectivity index (χ0n) is 16.0. The van der Waals surface area contributed by atoms with Gasteiger partial charge in [0.2, 0.25) is 5.78 Å². The molecule has 1 aliphatic rings. The van der Waals surface area contributed by atoms with Crippen LogP contribution in [0.3, 0.4) is 0 Å². The topological polar surface area (TPSA) is 74.6 Å². The van der Waals surface area contributed by atoms with Gasteiger partial charge in [-0.05, 0) is 24.1 Å². The van der Waals surface area contributed by atoms with E-state index in [1.54, 1.807) is 42.7 Å². The summed E-state index contributed by atoms with van der Waals surface area (Å²) in [7, 11) is 0. The molecular formula is C24H20N2O3. The highest BCUT2D eigenvalue weighted by Gasteiger charge is 2.44. The number of likely N-dealkylation sites (tertiary alicyclic amines) is 1. The van der Waals surface area contributed by atoms with Crippen molar-refractivity contribution in [1.29, 1.82) is 0 Å². The molecule has 0 saturated carbocycles. The first-order chi connectivity index (χ1) is 14.1. The minimum Gasteiger partial charge on any atom is -0.872 e. The molecule has 2 aromatic carbocycles. The summed E-state index contributed by atoms with van der Waals surface area (Å²) in [4.78, 5) is 30.3. The fourth-order valence-corrected chi connectivity index (χ4v) is 3.60. The maximum atomic E-state index is 13.2. The summed E-state index contributed by atoms with van der Waals surface area (Å²) in [6.07, 6.45) is 3.55. The minimum atomic E-state index is -0.732. The quantitative estimate of drug-likeness (QED) is 0.393. The third-order valence-electron chi connectivity index (χ3n) is 5.08. The lowest BCUT2D eigenvalue weighted by Crippen LogP contribution is -2.29. The number of carbonyl (C=O) groups is 2. The number of hydrogen-bond acceptors (Lipinski definition) is 3. The van der Waals surface area contributed by atoms with Gasteiger partial charge >= 0.3 is 0 Å². The van der Waals surface area contributed by atoms with E-state index in [-0.39, 0.29) is 12.1 Å². The van der Waals surface area contributed by atoms with Gasteiger partial charge in [0, 0.05) is 17.2 Å². The van der Waals surface area contributed by atoms with Gasteiger partial charge in [-0.1, -0.05) is 65.9 Å². The normalized spacial score (nSPS) is 18.2. The lowest BCUT2D eigenvalue weighted by Gasteiger charge is -2.27. The van der Waals surface area contributed by atoms with Crippen LogP contribution < -0.4 is 10.1 Å². The number of benzene rings is 2. The van der Waals surface area contributed by atoms with Crippen molar-refractivity contribution in [2.24, 2.45) is 0 Å². The van der Waals surface area contributed by atoms with Gasteiger partial charge in [0.1, 0.15) is 0 Å². The SMILES string of the molecule is Cc1ccc(C2/C(=C(\[O-])c3ccccc3)C(=O)C(=O)N2Cc2ccc[nH+]c2)cc1. The molecule has 1 fully saturated rings. The Labute approximate surface area is 169 Å². The molecule has 2 heterocycles. The second-order valence-corrected chi connectivity index (χ2v) is 7.10. The number of pyridine rings is 1. The van der Waals surface area contributed by atoms with E-state index in [0.29, 0.717) is 5.56 Å². The molecule has 3 aromatic rings. The number of ketones is 1. The molecule has 0 bridgehead atoms. The molecule has 1 amide bonds. The molecule has 1 saturated heterocycles. The van der Waals surface area contributed by atoms with Crippen LogP contribution in [0.2, 0.25) is 0 Å². The minimum absolute atomic E-state index is 0.00460. The van der Waals surface area contributed by atoms with E-state index in [0.717, 1.165) is 16.7 Å². The van der Waals surface area contributed by atoms with Crippen molar-refractivity contribution in [1.82, 2.24) is 4.90 Å². The number of aryl methyl sites for hydroxylation is 1. The Balaban J connectivity index is 1.86. The van der Waals surface area contributed by atoms with Crippen LogP contribution in [-0.2, 0) is 16.1 Å². The summed E-state index contributed by atoms with van der Waals surface area (Å²) in [5.74, 6) is -1.79. The maximum Gasteiger partial charge on any atom is 0.295 e. The van der Waals surface area contributed by atoms with Crippen molar-refractivity contribution < 1.29 is 19.7 Å². The van der Waals surface area contributed by atoms with E-state index < -0.39 is 23.5 Å². The molecule has 29 heavy (non-hydrogen) atoms. The number of rotatable bonds is 4. The van der Waals surface area contributed by atoms with E-state index >= 15 is 0 Å². The van der Waals surface area contributed by atoms with E-state index in [9.17, 15) is 14.7 Å². The summed E-state index contributed by atoms with van der Waals surface area (Å²) < 4.78 is 0. The van der Waals surface area contributed by atoms with Crippen LogP contribution in [0.1, 0.15) is 28.3 Å². The number of carbonyl (C=O) groups excluding carboxylic acids is 2. The summed E-state index contributed by atoms with van der Waals surface area (Å²) in [5.41, 5.74) is 3.05. The summed E-state index contributed by atoms with van der Waals surface area (Å²) in [6, 6.07) is 19.2. The average molecular weight is 384 g/mol. The van der Waals surface area contributed by atoms with Crippen LogP contribution >= 0.6 is 0 Å². The molecule has 144 valence electrons. The molecule has 1 aliphatic heterocycles. The Kier molecular flexibility index (Phi) is 4.96. The molecule has 1 unspecified atom stereocenters. The Morgan fingerprint density at radius 2 is 1.72 bits per heavy atom. The van der Waals surface area contributed by atoms with Crippen LogP contribution in [0.4, 0.5) is 0 Å². The monoisotopic (exact) mass is 384 g/mol. The van der Waals surface area contributed by atoms with Gasteiger partial charge in [-0.25, -0.2) is 4.98 Å². The number of hydrogen-bond donors (Lipinski definition) is 0. The van der Waals surface area contributed by atoms with Crippen molar-refractivity contribution in [3.63, 3.8) is 0 Å². The summed E-state index contributed by atoms with van der Waals surface area (Å²) in [6.45, 7) is 2.19. The fraction of sp³-hybridized carbons (Fsp3) is 0.125. The molecule has 1 aromatic heterocycles. The van der Waals surface area contributed by atoms with Crippen molar-refractivity contribution in [2.45, 2.75) is 19.5 Å². The molecule has 1 N–H and O–H groups in total. The van der Waals surface area contributed by atoms with Gasteiger partial charge in [-0.2, -0.15) is 0 Å². The van der Waals surface area contributed by atoms with Gasteiger partial charge in [0.25, 0.3) is 5.91 Å². The number of Topliss-reactive ketones (excluding diaryl/α,β-unsaturated/α-hetero) is 1. The van der Waals surface area contributed by atoms with Crippen LogP contribution in [0.5, 0.6) is 0 Å². The first-order valence-electron chi connectivity index (χ1n) is 9.39. The lowest BCUT2D eigenvalue weighted by molar-refractivity contribution is -0.378. The lowest BCUT2D eigenvalue weighted by atomic mass is 9.94. The molecule has 0 aliphatic carbocycles. The smallest absolute Gasteiger partial charge is 0.295 e. The van der Waals surface area contributed by atoms with Crippen molar-refractivity contribution in [3.05, 3.63) is 107 Å². The molecule has 4 rings (SSSR count).